The molecule has 0 aliphatic heterocycles. The molecule has 0 aliphatic carbocycles. The summed E-state index contributed by atoms with van der Waals surface area (Å²) in [5.41, 5.74) is 8.70. The third-order valence-electron chi connectivity index (χ3n) is 2.58. The Kier molecular flexibility index (Phi) is 2.91. The Bertz CT molecular complexity index is 739. The average molecular weight is 371 g/mol. The summed E-state index contributed by atoms with van der Waals surface area (Å²) in [7, 11) is 0. The highest BCUT2D eigenvalue weighted by Crippen LogP contribution is 2.29. The molecule has 0 saturated heterocycles. The maximum atomic E-state index is 6.09. The number of oxazole rings is 1. The molecular formula is C13H8ClIN2O. The number of anilines is 1. The van der Waals surface area contributed by atoms with E-state index in [0.717, 1.165) is 14.7 Å². The van der Waals surface area contributed by atoms with Gasteiger partial charge in [0.1, 0.15) is 5.52 Å². The molecule has 0 spiro atoms. The molecule has 1 aromatic heterocycles. The van der Waals surface area contributed by atoms with Crippen molar-refractivity contribution in [3.05, 3.63) is 45.0 Å². The number of hydrogen-bond donors (Lipinski definition) is 1. The summed E-state index contributed by atoms with van der Waals surface area (Å²) < 4.78 is 6.67. The van der Waals surface area contributed by atoms with Crippen molar-refractivity contribution in [1.29, 1.82) is 0 Å². The fourth-order valence-electron chi connectivity index (χ4n) is 1.70. The van der Waals surface area contributed by atoms with Crippen molar-refractivity contribution in [1.82, 2.24) is 4.98 Å². The van der Waals surface area contributed by atoms with Crippen LogP contribution < -0.4 is 5.73 Å². The van der Waals surface area contributed by atoms with Crippen LogP contribution in [0, 0.1) is 3.57 Å². The number of benzene rings is 2. The third kappa shape index (κ3) is 2.06. The Hall–Kier alpha value is -1.27. The first-order valence-corrected chi connectivity index (χ1v) is 6.70. The fourth-order valence-corrected chi connectivity index (χ4v) is 2.21. The zero-order valence-corrected chi connectivity index (χ0v) is 12.1. The maximum Gasteiger partial charge on any atom is 0.227 e. The van der Waals surface area contributed by atoms with E-state index in [0.29, 0.717) is 22.2 Å². The van der Waals surface area contributed by atoms with Gasteiger partial charge in [0, 0.05) is 14.8 Å². The summed E-state index contributed by atoms with van der Waals surface area (Å²) in [6.45, 7) is 0. The predicted molar refractivity (Wildman–Crippen MR) is 81.6 cm³/mol. The molecule has 0 bridgehead atoms. The van der Waals surface area contributed by atoms with E-state index in [1.165, 1.54) is 0 Å². The van der Waals surface area contributed by atoms with Crippen molar-refractivity contribution in [2.75, 3.05) is 5.73 Å². The van der Waals surface area contributed by atoms with E-state index < -0.39 is 0 Å². The summed E-state index contributed by atoms with van der Waals surface area (Å²) in [4.78, 5) is 4.41. The van der Waals surface area contributed by atoms with Gasteiger partial charge in [0.05, 0.1) is 5.02 Å². The molecule has 0 aliphatic rings. The quantitative estimate of drug-likeness (QED) is 0.512. The van der Waals surface area contributed by atoms with Crippen molar-refractivity contribution < 1.29 is 4.42 Å². The Balaban J connectivity index is 2.16. The second-order valence-corrected chi connectivity index (χ2v) is 5.44. The molecule has 0 fully saturated rings. The van der Waals surface area contributed by atoms with Crippen molar-refractivity contribution in [2.24, 2.45) is 0 Å². The lowest BCUT2D eigenvalue weighted by molar-refractivity contribution is 0.620. The van der Waals surface area contributed by atoms with Gasteiger partial charge < -0.3 is 10.2 Å². The number of hydrogen-bond acceptors (Lipinski definition) is 3. The minimum absolute atomic E-state index is 0.550. The molecule has 0 unspecified atom stereocenters. The number of nitrogens with zero attached hydrogens (tertiary/aromatic N) is 1. The SMILES string of the molecule is Nc1ccc2oc(-c3ccc(I)c(Cl)c3)nc2c1. The van der Waals surface area contributed by atoms with Crippen molar-refractivity contribution in [3.63, 3.8) is 0 Å². The molecule has 3 rings (SSSR count). The van der Waals surface area contributed by atoms with Gasteiger partial charge in [0.2, 0.25) is 5.89 Å². The topological polar surface area (TPSA) is 52.0 Å². The molecule has 18 heavy (non-hydrogen) atoms. The molecule has 0 radical (unpaired) electrons. The highest BCUT2D eigenvalue weighted by atomic mass is 127. The van der Waals surface area contributed by atoms with E-state index >= 15 is 0 Å². The average Bonchev–Trinajstić information content (AvgIpc) is 2.75. The first-order valence-electron chi connectivity index (χ1n) is 5.25. The van der Waals surface area contributed by atoms with Gasteiger partial charge >= 0.3 is 0 Å². The van der Waals surface area contributed by atoms with Crippen LogP contribution in [0.4, 0.5) is 5.69 Å². The lowest BCUT2D eigenvalue weighted by Gasteiger charge is -1.98. The number of aromatic nitrogens is 1. The van der Waals surface area contributed by atoms with Gasteiger partial charge in [-0.15, -0.1) is 0 Å². The van der Waals surface area contributed by atoms with Crippen LogP contribution in [0.2, 0.25) is 5.02 Å². The number of halogens is 2. The van der Waals surface area contributed by atoms with Crippen LogP contribution in [0.1, 0.15) is 0 Å². The molecule has 3 nitrogen and oxygen atoms in total. The second-order valence-electron chi connectivity index (χ2n) is 3.88. The highest BCUT2D eigenvalue weighted by molar-refractivity contribution is 14.1. The molecule has 2 aromatic carbocycles. The molecule has 0 atom stereocenters. The maximum absolute atomic E-state index is 6.09. The van der Waals surface area contributed by atoms with Crippen LogP contribution in [-0.2, 0) is 0 Å². The third-order valence-corrected chi connectivity index (χ3v) is 4.15. The fraction of sp³-hybridized carbons (Fsp3) is 0. The summed E-state index contributed by atoms with van der Waals surface area (Å²) in [5, 5.41) is 0.690. The highest BCUT2D eigenvalue weighted by Gasteiger charge is 2.09. The van der Waals surface area contributed by atoms with Crippen molar-refractivity contribution >= 4 is 51.0 Å². The van der Waals surface area contributed by atoms with Gasteiger partial charge in [-0.05, 0) is 59.0 Å². The van der Waals surface area contributed by atoms with Crippen molar-refractivity contribution in [3.8, 4) is 11.5 Å². The second kappa shape index (κ2) is 4.44. The van der Waals surface area contributed by atoms with E-state index in [2.05, 4.69) is 27.6 Å². The van der Waals surface area contributed by atoms with Gasteiger partial charge in [-0.3, -0.25) is 0 Å². The molecule has 3 aromatic rings. The number of fused-ring (bicyclic) bond motifs is 1. The summed E-state index contributed by atoms with van der Waals surface area (Å²) in [6.07, 6.45) is 0. The van der Waals surface area contributed by atoms with E-state index in [1.54, 1.807) is 12.1 Å². The molecule has 0 amide bonds. The summed E-state index contributed by atoms with van der Waals surface area (Å²) in [5.74, 6) is 0.550. The normalized spacial score (nSPS) is 11.0. The zero-order valence-electron chi connectivity index (χ0n) is 9.15. The number of nitrogens with two attached hydrogens (primary N) is 1. The minimum Gasteiger partial charge on any atom is -0.436 e. The van der Waals surface area contributed by atoms with E-state index in [9.17, 15) is 0 Å². The lowest BCUT2D eigenvalue weighted by atomic mass is 10.2. The van der Waals surface area contributed by atoms with E-state index in [-0.39, 0.29) is 0 Å². The van der Waals surface area contributed by atoms with Crippen molar-refractivity contribution in [2.45, 2.75) is 0 Å². The smallest absolute Gasteiger partial charge is 0.227 e. The van der Waals surface area contributed by atoms with Gasteiger partial charge in [0.25, 0.3) is 0 Å². The molecule has 0 saturated carbocycles. The van der Waals surface area contributed by atoms with Gasteiger partial charge in [-0.1, -0.05) is 11.6 Å². The molecule has 5 heteroatoms. The largest absolute Gasteiger partial charge is 0.436 e. The van der Waals surface area contributed by atoms with Gasteiger partial charge in [0.15, 0.2) is 5.58 Å². The van der Waals surface area contributed by atoms with Crippen LogP contribution in [0.5, 0.6) is 0 Å². The standard InChI is InChI=1S/C13H8ClIN2O/c14-9-5-7(1-3-10(9)15)13-17-11-6-8(16)2-4-12(11)18-13/h1-6H,16H2. The van der Waals surface area contributed by atoms with Gasteiger partial charge in [-0.25, -0.2) is 4.98 Å². The molecule has 2 N–H and O–H groups in total. The van der Waals surface area contributed by atoms with E-state index in [1.807, 2.05) is 24.3 Å². The predicted octanol–water partition coefficient (Wildman–Crippen LogP) is 4.34. The summed E-state index contributed by atoms with van der Waals surface area (Å²) >= 11 is 8.27. The van der Waals surface area contributed by atoms with E-state index in [4.69, 9.17) is 21.8 Å². The first-order chi connectivity index (χ1) is 8.63. The van der Waals surface area contributed by atoms with Gasteiger partial charge in [-0.2, -0.15) is 0 Å². The number of rotatable bonds is 1. The molecule has 1 heterocycles. The molecular weight excluding hydrogens is 363 g/mol. The van der Waals surface area contributed by atoms with Crippen LogP contribution in [0.3, 0.4) is 0 Å². The molecule has 90 valence electrons. The Morgan fingerprint density at radius 2 is 2.00 bits per heavy atom. The minimum atomic E-state index is 0.550. The summed E-state index contributed by atoms with van der Waals surface area (Å²) in [6, 6.07) is 11.1. The van der Waals surface area contributed by atoms with Crippen LogP contribution >= 0.6 is 34.2 Å². The Morgan fingerprint density at radius 3 is 2.78 bits per heavy atom. The zero-order chi connectivity index (χ0) is 12.7. The number of nitrogen functional groups attached to an aromatic ring is 1. The Labute approximate surface area is 122 Å². The lowest BCUT2D eigenvalue weighted by Crippen LogP contribution is -1.82. The van der Waals surface area contributed by atoms with Crippen LogP contribution in [-0.4, -0.2) is 4.98 Å². The van der Waals surface area contributed by atoms with Crippen LogP contribution in [0.15, 0.2) is 40.8 Å². The van der Waals surface area contributed by atoms with Crippen LogP contribution in [0.25, 0.3) is 22.6 Å². The first kappa shape index (κ1) is 11.8. The Morgan fingerprint density at radius 1 is 1.17 bits per heavy atom. The monoisotopic (exact) mass is 370 g/mol.